The van der Waals surface area contributed by atoms with Crippen LogP contribution in [0.3, 0.4) is 0 Å². The molecule has 120 valence electrons. The van der Waals surface area contributed by atoms with Gasteiger partial charge >= 0.3 is 5.97 Å². The third kappa shape index (κ3) is 7.05. The summed E-state index contributed by atoms with van der Waals surface area (Å²) in [5.41, 5.74) is 1.26. The predicted octanol–water partition coefficient (Wildman–Crippen LogP) is 3.81. The molecule has 5 heteroatoms. The lowest BCUT2D eigenvalue weighted by atomic mass is 9.84. The van der Waals surface area contributed by atoms with E-state index in [1.165, 1.54) is 5.01 Å². The minimum absolute atomic E-state index is 0.0596. The van der Waals surface area contributed by atoms with Gasteiger partial charge in [0.1, 0.15) is 0 Å². The molecule has 0 atom stereocenters. The maximum absolute atomic E-state index is 10.6. The number of carbonyl (C=O) groups is 1. The molecule has 4 nitrogen and oxygen atoms in total. The molecule has 0 radical (unpaired) electrons. The molecule has 0 amide bonds. The standard InChI is InChI=1S/C16H28N2O2S/c1-15(2,3)14-18-12(11-21-14)10-17-9-8-16(4,5)7-6-13(19)20/h11,17H,6-10H2,1-5H3,(H,19,20). The van der Waals surface area contributed by atoms with Crippen LogP contribution in [-0.4, -0.2) is 22.6 Å². The summed E-state index contributed by atoms with van der Waals surface area (Å²) in [4.78, 5) is 15.3. The Hall–Kier alpha value is -0.940. The minimum atomic E-state index is -0.715. The van der Waals surface area contributed by atoms with Gasteiger partial charge in [-0.15, -0.1) is 11.3 Å². The number of nitrogens with one attached hydrogen (secondary N) is 1. The van der Waals surface area contributed by atoms with Crippen LogP contribution in [-0.2, 0) is 16.8 Å². The number of thiazole rings is 1. The van der Waals surface area contributed by atoms with Crippen LogP contribution in [0, 0.1) is 5.41 Å². The maximum Gasteiger partial charge on any atom is 0.303 e. The first kappa shape index (κ1) is 18.1. The van der Waals surface area contributed by atoms with E-state index in [2.05, 4.69) is 50.3 Å². The Labute approximate surface area is 132 Å². The largest absolute Gasteiger partial charge is 0.481 e. The zero-order valence-electron chi connectivity index (χ0n) is 13.8. The Bertz CT molecular complexity index is 461. The van der Waals surface area contributed by atoms with E-state index in [-0.39, 0.29) is 17.3 Å². The second kappa shape index (κ2) is 7.36. The quantitative estimate of drug-likeness (QED) is 0.717. The summed E-state index contributed by atoms with van der Waals surface area (Å²) in [6.45, 7) is 12.4. The summed E-state index contributed by atoms with van der Waals surface area (Å²) in [5, 5.41) is 15.4. The van der Waals surface area contributed by atoms with Crippen LogP contribution in [0.1, 0.15) is 64.6 Å². The SMILES string of the molecule is CC(C)(CCNCc1csc(C(C)(C)C)n1)CCC(=O)O. The lowest BCUT2D eigenvalue weighted by Crippen LogP contribution is -2.23. The van der Waals surface area contributed by atoms with Crippen LogP contribution in [0.2, 0.25) is 0 Å². The van der Waals surface area contributed by atoms with Crippen molar-refractivity contribution in [2.45, 2.75) is 65.8 Å². The van der Waals surface area contributed by atoms with Crippen molar-refractivity contribution in [1.82, 2.24) is 10.3 Å². The van der Waals surface area contributed by atoms with Gasteiger partial charge in [-0.2, -0.15) is 0 Å². The first-order valence-corrected chi connectivity index (χ1v) is 8.35. The van der Waals surface area contributed by atoms with Crippen LogP contribution in [0.25, 0.3) is 0 Å². The van der Waals surface area contributed by atoms with Crippen LogP contribution in [0.4, 0.5) is 0 Å². The van der Waals surface area contributed by atoms with Crippen LogP contribution in [0.5, 0.6) is 0 Å². The molecule has 1 aromatic rings. The van der Waals surface area contributed by atoms with Crippen LogP contribution >= 0.6 is 11.3 Å². The summed E-state index contributed by atoms with van der Waals surface area (Å²) >= 11 is 1.72. The predicted molar refractivity (Wildman–Crippen MR) is 87.8 cm³/mol. The number of carboxylic acid groups (broad SMARTS) is 1. The second-order valence-electron chi connectivity index (χ2n) is 7.38. The van der Waals surface area contributed by atoms with Crippen molar-refractivity contribution in [1.29, 1.82) is 0 Å². The van der Waals surface area contributed by atoms with Crippen molar-refractivity contribution in [2.24, 2.45) is 5.41 Å². The normalized spacial score (nSPS) is 12.6. The number of carboxylic acids is 1. The number of rotatable bonds is 8. The van der Waals surface area contributed by atoms with Gasteiger partial charge in [0.25, 0.3) is 0 Å². The molecule has 0 aliphatic carbocycles. The van der Waals surface area contributed by atoms with Crippen LogP contribution < -0.4 is 5.32 Å². The minimum Gasteiger partial charge on any atom is -0.481 e. The van der Waals surface area contributed by atoms with Gasteiger partial charge < -0.3 is 10.4 Å². The Kier molecular flexibility index (Phi) is 6.35. The summed E-state index contributed by atoms with van der Waals surface area (Å²) in [6.07, 6.45) is 1.93. The Morgan fingerprint density at radius 1 is 1.29 bits per heavy atom. The molecule has 21 heavy (non-hydrogen) atoms. The average Bonchev–Trinajstić information content (AvgIpc) is 2.81. The van der Waals surface area contributed by atoms with Gasteiger partial charge in [0.05, 0.1) is 10.7 Å². The Balaban J connectivity index is 2.31. The number of aliphatic carboxylic acids is 1. The fourth-order valence-corrected chi connectivity index (χ4v) is 2.85. The van der Waals surface area contributed by atoms with Gasteiger partial charge in [-0.05, 0) is 24.8 Å². The molecular formula is C16H28N2O2S. The first-order valence-electron chi connectivity index (χ1n) is 7.47. The average molecular weight is 312 g/mol. The van der Waals surface area contributed by atoms with Crippen molar-refractivity contribution < 1.29 is 9.90 Å². The fourth-order valence-electron chi connectivity index (χ4n) is 1.95. The molecular weight excluding hydrogens is 284 g/mol. The van der Waals surface area contributed by atoms with Gasteiger partial charge in [-0.3, -0.25) is 4.79 Å². The van der Waals surface area contributed by atoms with Crippen molar-refractivity contribution in [2.75, 3.05) is 6.54 Å². The molecule has 0 bridgehead atoms. The van der Waals surface area contributed by atoms with E-state index in [0.717, 1.165) is 31.6 Å². The topological polar surface area (TPSA) is 62.2 Å². The van der Waals surface area contributed by atoms with E-state index >= 15 is 0 Å². The zero-order chi connectivity index (χ0) is 16.1. The third-order valence-corrected chi connectivity index (χ3v) is 4.81. The van der Waals surface area contributed by atoms with Gasteiger partial charge in [0, 0.05) is 23.8 Å². The van der Waals surface area contributed by atoms with E-state index in [1.807, 2.05) is 0 Å². The highest BCUT2D eigenvalue weighted by molar-refractivity contribution is 7.09. The van der Waals surface area contributed by atoms with Gasteiger partial charge in [0.2, 0.25) is 0 Å². The summed E-state index contributed by atoms with van der Waals surface area (Å²) < 4.78 is 0. The molecule has 2 N–H and O–H groups in total. The molecule has 1 rings (SSSR count). The van der Waals surface area contributed by atoms with Gasteiger partial charge in [-0.25, -0.2) is 4.98 Å². The molecule has 0 aliphatic rings. The number of nitrogens with zero attached hydrogens (tertiary/aromatic N) is 1. The number of aromatic nitrogens is 1. The molecule has 0 spiro atoms. The van der Waals surface area contributed by atoms with Crippen molar-refractivity contribution in [3.63, 3.8) is 0 Å². The Morgan fingerprint density at radius 2 is 1.95 bits per heavy atom. The van der Waals surface area contributed by atoms with E-state index < -0.39 is 5.97 Å². The Morgan fingerprint density at radius 3 is 2.48 bits per heavy atom. The van der Waals surface area contributed by atoms with Crippen molar-refractivity contribution >= 4 is 17.3 Å². The van der Waals surface area contributed by atoms with E-state index in [9.17, 15) is 4.79 Å². The zero-order valence-corrected chi connectivity index (χ0v) is 14.6. The van der Waals surface area contributed by atoms with E-state index in [1.54, 1.807) is 11.3 Å². The molecule has 0 unspecified atom stereocenters. The maximum atomic E-state index is 10.6. The van der Waals surface area contributed by atoms with Gasteiger partial charge in [-0.1, -0.05) is 34.6 Å². The van der Waals surface area contributed by atoms with Crippen molar-refractivity contribution in [3.05, 3.63) is 16.1 Å². The molecule has 0 saturated heterocycles. The monoisotopic (exact) mass is 312 g/mol. The molecule has 0 aromatic carbocycles. The lowest BCUT2D eigenvalue weighted by molar-refractivity contribution is -0.137. The lowest BCUT2D eigenvalue weighted by Gasteiger charge is -2.23. The summed E-state index contributed by atoms with van der Waals surface area (Å²) in [5.74, 6) is -0.715. The first-order chi connectivity index (χ1) is 9.60. The number of hydrogen-bond donors (Lipinski definition) is 2. The molecule has 1 heterocycles. The summed E-state index contributed by atoms with van der Waals surface area (Å²) in [7, 11) is 0. The molecule has 0 aliphatic heterocycles. The van der Waals surface area contributed by atoms with E-state index in [0.29, 0.717) is 0 Å². The van der Waals surface area contributed by atoms with Crippen molar-refractivity contribution in [3.8, 4) is 0 Å². The van der Waals surface area contributed by atoms with Gasteiger partial charge in [0.15, 0.2) is 0 Å². The molecule has 0 fully saturated rings. The van der Waals surface area contributed by atoms with Crippen LogP contribution in [0.15, 0.2) is 5.38 Å². The highest BCUT2D eigenvalue weighted by Gasteiger charge is 2.19. The highest BCUT2D eigenvalue weighted by Crippen LogP contribution is 2.27. The molecule has 0 saturated carbocycles. The molecule has 1 aromatic heterocycles. The third-order valence-electron chi connectivity index (χ3n) is 3.49. The number of hydrogen-bond acceptors (Lipinski definition) is 4. The summed E-state index contributed by atoms with van der Waals surface area (Å²) in [6, 6.07) is 0. The second-order valence-corrected chi connectivity index (χ2v) is 8.24. The highest BCUT2D eigenvalue weighted by atomic mass is 32.1. The van der Waals surface area contributed by atoms with E-state index in [4.69, 9.17) is 5.11 Å². The smallest absolute Gasteiger partial charge is 0.303 e. The fraction of sp³-hybridized carbons (Fsp3) is 0.750.